The van der Waals surface area contributed by atoms with Crippen molar-refractivity contribution < 1.29 is 13.2 Å². The maximum Gasteiger partial charge on any atom is 0.253 e. The molecule has 1 amide bonds. The van der Waals surface area contributed by atoms with Crippen LogP contribution in [-0.2, 0) is 21.4 Å². The molecule has 186 valence electrons. The summed E-state index contributed by atoms with van der Waals surface area (Å²) < 4.78 is 30.1. The summed E-state index contributed by atoms with van der Waals surface area (Å²) in [5, 5.41) is 2.16. The zero-order valence-electron chi connectivity index (χ0n) is 19.3. The molecule has 2 aromatic heterocycles. The minimum absolute atomic E-state index is 0.165. The third-order valence-corrected chi connectivity index (χ3v) is 10.8. The molecular formula is C25H24ClN5O3S2. The summed E-state index contributed by atoms with van der Waals surface area (Å²) in [7, 11) is -3.84. The molecule has 2 aromatic carbocycles. The Labute approximate surface area is 217 Å². The van der Waals surface area contributed by atoms with Gasteiger partial charge in [0.2, 0.25) is 5.91 Å². The molecule has 3 heterocycles. The Morgan fingerprint density at radius 1 is 1.06 bits per heavy atom. The number of fused-ring (bicyclic) bond motifs is 3. The van der Waals surface area contributed by atoms with Gasteiger partial charge in [0, 0.05) is 33.7 Å². The molecule has 36 heavy (non-hydrogen) atoms. The molecule has 2 atom stereocenters. The fourth-order valence-electron chi connectivity index (χ4n) is 5.43. The van der Waals surface area contributed by atoms with E-state index in [-0.39, 0.29) is 28.7 Å². The first kappa shape index (κ1) is 23.6. The molecule has 11 heteroatoms. The van der Waals surface area contributed by atoms with E-state index in [2.05, 4.69) is 9.97 Å². The maximum atomic E-state index is 13.8. The molecule has 0 radical (unpaired) electrons. The van der Waals surface area contributed by atoms with Gasteiger partial charge in [-0.15, -0.1) is 11.3 Å². The molecule has 2 fully saturated rings. The molecule has 0 spiro atoms. The highest BCUT2D eigenvalue weighted by atomic mass is 35.5. The Bertz CT molecular complexity index is 1610. The van der Waals surface area contributed by atoms with Gasteiger partial charge in [0.05, 0.1) is 12.1 Å². The lowest BCUT2D eigenvalue weighted by atomic mass is 9.87. The molecule has 4 aromatic rings. The number of thiophene rings is 1. The number of piperazine rings is 1. The second-order valence-electron chi connectivity index (χ2n) is 9.35. The van der Waals surface area contributed by atoms with Crippen LogP contribution in [0.1, 0.15) is 31.2 Å². The van der Waals surface area contributed by atoms with E-state index in [1.807, 2.05) is 29.2 Å². The highest BCUT2D eigenvalue weighted by molar-refractivity contribution is 7.91. The van der Waals surface area contributed by atoms with Crippen molar-refractivity contribution in [2.75, 3.05) is 12.3 Å². The molecule has 8 nitrogen and oxygen atoms in total. The quantitative estimate of drug-likeness (QED) is 0.409. The number of rotatable bonds is 4. The van der Waals surface area contributed by atoms with E-state index in [4.69, 9.17) is 17.3 Å². The number of nitrogens with two attached hydrogens (primary N) is 1. The topological polar surface area (TPSA) is 109 Å². The van der Waals surface area contributed by atoms with Gasteiger partial charge >= 0.3 is 0 Å². The van der Waals surface area contributed by atoms with Gasteiger partial charge < -0.3 is 10.6 Å². The van der Waals surface area contributed by atoms with Crippen molar-refractivity contribution in [1.29, 1.82) is 0 Å². The second-order valence-corrected chi connectivity index (χ2v) is 13.0. The highest BCUT2D eigenvalue weighted by Gasteiger charge is 2.47. The molecule has 2 N–H and O–H groups in total. The first-order valence-corrected chi connectivity index (χ1v) is 14.4. The standard InChI is InChI=1S/C25H24ClN5O3S2/c26-17-7-6-16-10-24(35-22(16)11-17)36(33,34)31-13-23(32)30(20-3-1-2-4-21(20)31)12-15-5-8-18-19(9-15)28-14-29-25(18)27/h5-11,14,20-21H,1-4,12-13H2,(H2,27,28,29). The molecule has 6 rings (SSSR count). The Morgan fingerprint density at radius 3 is 2.69 bits per heavy atom. The van der Waals surface area contributed by atoms with Gasteiger partial charge in [-0.1, -0.05) is 36.6 Å². The van der Waals surface area contributed by atoms with E-state index in [1.165, 1.54) is 22.0 Å². The van der Waals surface area contributed by atoms with Crippen LogP contribution in [0.3, 0.4) is 0 Å². The zero-order chi connectivity index (χ0) is 25.0. The average Bonchev–Trinajstić information content (AvgIpc) is 3.30. The van der Waals surface area contributed by atoms with Crippen molar-refractivity contribution in [3.8, 4) is 0 Å². The van der Waals surface area contributed by atoms with Gasteiger partial charge in [0.15, 0.2) is 0 Å². The largest absolute Gasteiger partial charge is 0.383 e. The number of hydrogen-bond acceptors (Lipinski definition) is 7. The average molecular weight is 542 g/mol. The summed E-state index contributed by atoms with van der Waals surface area (Å²) in [6, 6.07) is 12.3. The number of hydrogen-bond donors (Lipinski definition) is 1. The molecule has 1 saturated heterocycles. The maximum absolute atomic E-state index is 13.8. The minimum Gasteiger partial charge on any atom is -0.383 e. The predicted octanol–water partition coefficient (Wildman–Crippen LogP) is 4.42. The van der Waals surface area contributed by atoms with Crippen LogP contribution in [0.25, 0.3) is 21.0 Å². The monoisotopic (exact) mass is 541 g/mol. The first-order chi connectivity index (χ1) is 17.3. The number of aromatic nitrogens is 2. The molecule has 1 aliphatic carbocycles. The third kappa shape index (κ3) is 4.02. The second kappa shape index (κ2) is 8.95. The van der Waals surface area contributed by atoms with Gasteiger partial charge in [0.25, 0.3) is 10.0 Å². The number of benzene rings is 2. The fraction of sp³-hybridized carbons (Fsp3) is 0.320. The lowest BCUT2D eigenvalue weighted by molar-refractivity contribution is -0.142. The molecule has 2 unspecified atom stereocenters. The van der Waals surface area contributed by atoms with Crippen LogP contribution in [0.4, 0.5) is 5.82 Å². The minimum atomic E-state index is -3.84. The molecule has 2 aliphatic rings. The number of amides is 1. The van der Waals surface area contributed by atoms with E-state index in [0.29, 0.717) is 17.4 Å². The Morgan fingerprint density at radius 2 is 1.86 bits per heavy atom. The molecule has 0 bridgehead atoms. The summed E-state index contributed by atoms with van der Waals surface area (Å²) in [5.74, 6) is 0.227. The Balaban J connectivity index is 1.32. The molecule has 1 saturated carbocycles. The lowest BCUT2D eigenvalue weighted by Gasteiger charge is -2.48. The van der Waals surface area contributed by atoms with Crippen molar-refractivity contribution in [2.24, 2.45) is 0 Å². The predicted molar refractivity (Wildman–Crippen MR) is 141 cm³/mol. The highest BCUT2D eigenvalue weighted by Crippen LogP contribution is 2.38. The number of carbonyl (C=O) groups is 1. The summed E-state index contributed by atoms with van der Waals surface area (Å²) in [6.07, 6.45) is 4.82. The van der Waals surface area contributed by atoms with Gasteiger partial charge in [-0.2, -0.15) is 4.31 Å². The number of halogens is 1. The van der Waals surface area contributed by atoms with Crippen LogP contribution in [0, 0.1) is 0 Å². The van der Waals surface area contributed by atoms with Crippen LogP contribution in [0.15, 0.2) is 53.0 Å². The van der Waals surface area contributed by atoms with Crippen LogP contribution >= 0.6 is 22.9 Å². The van der Waals surface area contributed by atoms with E-state index in [1.54, 1.807) is 18.2 Å². The van der Waals surface area contributed by atoms with Gasteiger partial charge in [-0.25, -0.2) is 18.4 Å². The first-order valence-electron chi connectivity index (χ1n) is 11.8. The third-order valence-electron chi connectivity index (χ3n) is 7.18. The van der Waals surface area contributed by atoms with E-state index >= 15 is 0 Å². The van der Waals surface area contributed by atoms with Crippen molar-refractivity contribution in [1.82, 2.24) is 19.2 Å². The fourth-order valence-corrected chi connectivity index (χ4v) is 8.87. The van der Waals surface area contributed by atoms with Crippen LogP contribution in [0.5, 0.6) is 0 Å². The number of nitrogen functional groups attached to an aromatic ring is 1. The summed E-state index contributed by atoms with van der Waals surface area (Å²) in [6.45, 7) is 0.232. The summed E-state index contributed by atoms with van der Waals surface area (Å²) >= 11 is 7.30. The number of anilines is 1. The summed E-state index contributed by atoms with van der Waals surface area (Å²) in [5.41, 5.74) is 7.60. The van der Waals surface area contributed by atoms with E-state index in [9.17, 15) is 13.2 Å². The van der Waals surface area contributed by atoms with E-state index < -0.39 is 10.0 Å². The SMILES string of the molecule is Nc1ncnc2cc(CN3C(=O)CN(S(=O)(=O)c4cc5ccc(Cl)cc5s4)C4CCCCC43)ccc12. The van der Waals surface area contributed by atoms with Gasteiger partial charge in [-0.3, -0.25) is 4.79 Å². The Kier molecular flexibility index (Phi) is 5.87. The number of sulfonamides is 1. The normalized spacial score (nSPS) is 21.2. The lowest BCUT2D eigenvalue weighted by Crippen LogP contribution is -2.63. The number of nitrogens with zero attached hydrogens (tertiary/aromatic N) is 4. The number of carbonyl (C=O) groups excluding carboxylic acids is 1. The van der Waals surface area contributed by atoms with Crippen molar-refractivity contribution in [2.45, 2.75) is 48.5 Å². The van der Waals surface area contributed by atoms with Crippen molar-refractivity contribution in [3.63, 3.8) is 0 Å². The zero-order valence-corrected chi connectivity index (χ0v) is 21.7. The van der Waals surface area contributed by atoms with Crippen LogP contribution < -0.4 is 5.73 Å². The summed E-state index contributed by atoms with van der Waals surface area (Å²) in [4.78, 5) is 23.6. The van der Waals surface area contributed by atoms with Crippen LogP contribution in [0.2, 0.25) is 5.02 Å². The molecule has 1 aliphatic heterocycles. The van der Waals surface area contributed by atoms with Crippen molar-refractivity contribution >= 4 is 65.7 Å². The van der Waals surface area contributed by atoms with Gasteiger partial charge in [0.1, 0.15) is 16.4 Å². The van der Waals surface area contributed by atoms with Crippen LogP contribution in [-0.4, -0.2) is 52.1 Å². The smallest absolute Gasteiger partial charge is 0.253 e. The van der Waals surface area contributed by atoms with E-state index in [0.717, 1.165) is 52.2 Å². The molecular weight excluding hydrogens is 518 g/mol. The Hall–Kier alpha value is -2.79. The van der Waals surface area contributed by atoms with Gasteiger partial charge in [-0.05, 0) is 54.1 Å². The van der Waals surface area contributed by atoms with Crippen molar-refractivity contribution in [3.05, 3.63) is 59.4 Å².